The van der Waals surface area contributed by atoms with Gasteiger partial charge in [-0.25, -0.2) is 0 Å². The third-order valence-electron chi connectivity index (χ3n) is 4.98. The van der Waals surface area contributed by atoms with Gasteiger partial charge in [-0.2, -0.15) is 5.26 Å². The molecule has 23 heavy (non-hydrogen) atoms. The van der Waals surface area contributed by atoms with Gasteiger partial charge in [-0.3, -0.25) is 4.79 Å². The Morgan fingerprint density at radius 2 is 2.13 bits per heavy atom. The standard InChI is InChI=1S/C18H16BrN3O/c19-12-5-6-17-15(8-12)14-3-1-2-4-16(14)22(17)18(23)11-7-13(9-20)21-10-11/h5-8,10,14,16,21H,1-4H2/t14-,16-/m0/s1. The number of nitriles is 1. The highest BCUT2D eigenvalue weighted by Crippen LogP contribution is 2.49. The summed E-state index contributed by atoms with van der Waals surface area (Å²) in [6.07, 6.45) is 6.19. The van der Waals surface area contributed by atoms with Crippen LogP contribution in [-0.4, -0.2) is 16.9 Å². The molecule has 116 valence electrons. The smallest absolute Gasteiger partial charge is 0.260 e. The Morgan fingerprint density at radius 3 is 2.91 bits per heavy atom. The van der Waals surface area contributed by atoms with E-state index in [0.717, 1.165) is 29.4 Å². The number of amides is 1. The summed E-state index contributed by atoms with van der Waals surface area (Å²) in [6, 6.07) is 10.1. The largest absolute Gasteiger partial charge is 0.352 e. The van der Waals surface area contributed by atoms with E-state index in [1.54, 1.807) is 12.3 Å². The van der Waals surface area contributed by atoms with E-state index in [9.17, 15) is 4.79 Å². The first-order chi connectivity index (χ1) is 11.2. The fraction of sp³-hybridized carbons (Fsp3) is 0.333. The number of halogens is 1. The molecule has 2 aromatic rings. The first-order valence-electron chi connectivity index (χ1n) is 7.90. The monoisotopic (exact) mass is 369 g/mol. The minimum Gasteiger partial charge on any atom is -0.352 e. The number of hydrogen-bond donors (Lipinski definition) is 1. The predicted molar refractivity (Wildman–Crippen MR) is 91.5 cm³/mol. The first kappa shape index (κ1) is 14.5. The lowest BCUT2D eigenvalue weighted by Gasteiger charge is -2.32. The van der Waals surface area contributed by atoms with Crippen molar-refractivity contribution in [2.45, 2.75) is 37.6 Å². The number of carbonyl (C=O) groups excluding carboxylic acids is 1. The maximum absolute atomic E-state index is 13.1. The minimum atomic E-state index is -0.0132. The molecule has 0 saturated heterocycles. The number of rotatable bonds is 1. The van der Waals surface area contributed by atoms with Crippen LogP contribution in [0.15, 0.2) is 34.9 Å². The van der Waals surface area contributed by atoms with Crippen molar-refractivity contribution in [3.63, 3.8) is 0 Å². The van der Waals surface area contributed by atoms with Crippen molar-refractivity contribution in [3.05, 3.63) is 51.8 Å². The highest BCUT2D eigenvalue weighted by atomic mass is 79.9. The highest BCUT2D eigenvalue weighted by Gasteiger charge is 2.42. The van der Waals surface area contributed by atoms with Gasteiger partial charge in [0.25, 0.3) is 5.91 Å². The van der Waals surface area contributed by atoms with Crippen molar-refractivity contribution in [2.24, 2.45) is 0 Å². The molecule has 4 rings (SSSR count). The Morgan fingerprint density at radius 1 is 1.30 bits per heavy atom. The lowest BCUT2D eigenvalue weighted by molar-refractivity contribution is 0.0972. The second kappa shape index (κ2) is 5.54. The van der Waals surface area contributed by atoms with Crippen LogP contribution >= 0.6 is 15.9 Å². The Hall–Kier alpha value is -2.06. The van der Waals surface area contributed by atoms with Crippen molar-refractivity contribution in [3.8, 4) is 6.07 Å². The minimum absolute atomic E-state index is 0.0132. The molecule has 2 aliphatic rings. The number of carbonyl (C=O) groups is 1. The van der Waals surface area contributed by atoms with Gasteiger partial charge in [0.1, 0.15) is 11.8 Å². The van der Waals surface area contributed by atoms with Gasteiger partial charge in [0.2, 0.25) is 0 Å². The van der Waals surface area contributed by atoms with Gasteiger partial charge in [-0.1, -0.05) is 28.8 Å². The fourth-order valence-corrected chi connectivity index (χ4v) is 4.36. The normalized spacial score (nSPS) is 22.3. The van der Waals surface area contributed by atoms with E-state index >= 15 is 0 Å². The average Bonchev–Trinajstić information content (AvgIpc) is 3.17. The number of benzene rings is 1. The number of nitrogens with one attached hydrogen (secondary N) is 1. The summed E-state index contributed by atoms with van der Waals surface area (Å²) in [5.41, 5.74) is 3.27. The number of fused-ring (bicyclic) bond motifs is 3. The molecule has 0 radical (unpaired) electrons. The van der Waals surface area contributed by atoms with E-state index in [1.165, 1.54) is 12.0 Å². The van der Waals surface area contributed by atoms with Gasteiger partial charge < -0.3 is 9.88 Å². The molecule has 1 aliphatic carbocycles. The molecule has 4 nitrogen and oxygen atoms in total. The van der Waals surface area contributed by atoms with Gasteiger partial charge in [0, 0.05) is 28.3 Å². The summed E-state index contributed by atoms with van der Waals surface area (Å²) >= 11 is 3.55. The molecule has 1 aliphatic heterocycles. The molecule has 0 unspecified atom stereocenters. The average molecular weight is 370 g/mol. The molecule has 2 atom stereocenters. The summed E-state index contributed by atoms with van der Waals surface area (Å²) in [7, 11) is 0. The molecule has 2 heterocycles. The fourth-order valence-electron chi connectivity index (χ4n) is 3.98. The highest BCUT2D eigenvalue weighted by molar-refractivity contribution is 9.10. The molecular formula is C18H16BrN3O. The zero-order chi connectivity index (χ0) is 16.0. The SMILES string of the molecule is N#Cc1cc(C(=O)N2c3ccc(Br)cc3[C@@H]3CCCC[C@@H]32)c[nH]1. The molecule has 1 amide bonds. The molecule has 5 heteroatoms. The van der Waals surface area contributed by atoms with Crippen LogP contribution in [0.3, 0.4) is 0 Å². The van der Waals surface area contributed by atoms with Crippen molar-refractivity contribution >= 4 is 27.5 Å². The molecule has 1 aromatic carbocycles. The molecule has 1 saturated carbocycles. The van der Waals surface area contributed by atoms with Crippen molar-refractivity contribution in [2.75, 3.05) is 4.90 Å². The van der Waals surface area contributed by atoms with Crippen molar-refractivity contribution < 1.29 is 4.79 Å². The van der Waals surface area contributed by atoms with E-state index < -0.39 is 0 Å². The summed E-state index contributed by atoms with van der Waals surface area (Å²) in [5, 5.41) is 8.96. The zero-order valence-corrected chi connectivity index (χ0v) is 14.1. The van der Waals surface area contributed by atoms with Gasteiger partial charge in [-0.05, 0) is 42.7 Å². The van der Waals surface area contributed by atoms with E-state index in [1.807, 2.05) is 23.1 Å². The number of aromatic amines is 1. The van der Waals surface area contributed by atoms with Crippen LogP contribution < -0.4 is 4.90 Å². The molecule has 1 aromatic heterocycles. The third-order valence-corrected chi connectivity index (χ3v) is 5.47. The number of hydrogen-bond acceptors (Lipinski definition) is 2. The topological polar surface area (TPSA) is 59.9 Å². The second-order valence-electron chi connectivity index (χ2n) is 6.25. The lowest BCUT2D eigenvalue weighted by Crippen LogP contribution is -2.40. The Bertz CT molecular complexity index is 820. The Labute approximate surface area is 143 Å². The van der Waals surface area contributed by atoms with Crippen LogP contribution in [0.25, 0.3) is 0 Å². The van der Waals surface area contributed by atoms with Crippen molar-refractivity contribution in [1.82, 2.24) is 4.98 Å². The summed E-state index contributed by atoms with van der Waals surface area (Å²) in [6.45, 7) is 0. The zero-order valence-electron chi connectivity index (χ0n) is 12.6. The molecular weight excluding hydrogens is 354 g/mol. The van der Waals surface area contributed by atoms with E-state index in [-0.39, 0.29) is 11.9 Å². The quantitative estimate of drug-likeness (QED) is 0.812. The van der Waals surface area contributed by atoms with Gasteiger partial charge in [-0.15, -0.1) is 0 Å². The van der Waals surface area contributed by atoms with Gasteiger partial charge in [0.05, 0.1) is 5.56 Å². The number of aromatic nitrogens is 1. The maximum atomic E-state index is 13.1. The van der Waals surface area contributed by atoms with Gasteiger partial charge in [0.15, 0.2) is 0 Å². The van der Waals surface area contributed by atoms with E-state index in [0.29, 0.717) is 17.2 Å². The van der Waals surface area contributed by atoms with Crippen LogP contribution in [0.1, 0.15) is 53.2 Å². The molecule has 1 fully saturated rings. The molecule has 0 spiro atoms. The third kappa shape index (κ3) is 2.29. The van der Waals surface area contributed by atoms with Crippen LogP contribution in [0.2, 0.25) is 0 Å². The first-order valence-corrected chi connectivity index (χ1v) is 8.70. The van der Waals surface area contributed by atoms with Crippen LogP contribution in [-0.2, 0) is 0 Å². The Balaban J connectivity index is 1.78. The van der Waals surface area contributed by atoms with E-state index in [2.05, 4.69) is 27.0 Å². The molecule has 1 N–H and O–H groups in total. The van der Waals surface area contributed by atoms with Crippen LogP contribution in [0, 0.1) is 11.3 Å². The van der Waals surface area contributed by atoms with Gasteiger partial charge >= 0.3 is 0 Å². The van der Waals surface area contributed by atoms with E-state index in [4.69, 9.17) is 5.26 Å². The van der Waals surface area contributed by atoms with Crippen LogP contribution in [0.5, 0.6) is 0 Å². The lowest BCUT2D eigenvalue weighted by atomic mass is 9.82. The maximum Gasteiger partial charge on any atom is 0.260 e. The summed E-state index contributed by atoms with van der Waals surface area (Å²) in [5.74, 6) is 0.412. The second-order valence-corrected chi connectivity index (χ2v) is 7.17. The number of anilines is 1. The summed E-state index contributed by atoms with van der Waals surface area (Å²) in [4.78, 5) is 17.9. The number of nitrogens with zero attached hydrogens (tertiary/aromatic N) is 2. The molecule has 0 bridgehead atoms. The number of H-pyrrole nitrogens is 1. The Kier molecular flexibility index (Phi) is 3.50. The summed E-state index contributed by atoms with van der Waals surface area (Å²) < 4.78 is 1.06. The van der Waals surface area contributed by atoms with Crippen LogP contribution in [0.4, 0.5) is 5.69 Å². The predicted octanol–water partition coefficient (Wildman–Crippen LogP) is 4.34. The van der Waals surface area contributed by atoms with Crippen molar-refractivity contribution in [1.29, 1.82) is 5.26 Å².